The van der Waals surface area contributed by atoms with Crippen molar-refractivity contribution < 1.29 is 4.74 Å². The lowest BCUT2D eigenvalue weighted by Gasteiger charge is -2.12. The monoisotopic (exact) mass is 256 g/mol. The molecule has 0 fully saturated rings. The maximum atomic E-state index is 5.76. The van der Waals surface area contributed by atoms with Crippen molar-refractivity contribution in [3.05, 3.63) is 53.9 Å². The molecular weight excluding hydrogens is 236 g/mol. The molecule has 0 unspecified atom stereocenters. The zero-order valence-corrected chi connectivity index (χ0v) is 11.7. The van der Waals surface area contributed by atoms with Crippen LogP contribution in [0.15, 0.2) is 42.7 Å². The van der Waals surface area contributed by atoms with E-state index in [2.05, 4.69) is 43.2 Å². The van der Waals surface area contributed by atoms with E-state index in [0.29, 0.717) is 6.04 Å². The fourth-order valence-corrected chi connectivity index (χ4v) is 1.79. The van der Waals surface area contributed by atoms with Crippen molar-refractivity contribution in [3.8, 4) is 11.5 Å². The predicted molar refractivity (Wildman–Crippen MR) is 77.5 cm³/mol. The molecule has 2 aromatic rings. The summed E-state index contributed by atoms with van der Waals surface area (Å²) in [6, 6.07) is 10.4. The summed E-state index contributed by atoms with van der Waals surface area (Å²) in [5.74, 6) is 1.61. The first kappa shape index (κ1) is 13.6. The lowest BCUT2D eigenvalue weighted by atomic mass is 10.1. The van der Waals surface area contributed by atoms with Gasteiger partial charge in [0.2, 0.25) is 0 Å². The van der Waals surface area contributed by atoms with E-state index in [0.717, 1.165) is 18.0 Å². The van der Waals surface area contributed by atoms with Gasteiger partial charge in [-0.1, -0.05) is 19.9 Å². The topological polar surface area (TPSA) is 34.1 Å². The summed E-state index contributed by atoms with van der Waals surface area (Å²) in [7, 11) is 0. The van der Waals surface area contributed by atoms with Crippen LogP contribution in [0.25, 0.3) is 0 Å². The third-order valence-corrected chi connectivity index (χ3v) is 2.88. The van der Waals surface area contributed by atoms with Crippen molar-refractivity contribution in [1.29, 1.82) is 0 Å². The molecule has 1 heterocycles. The molecule has 0 amide bonds. The summed E-state index contributed by atoms with van der Waals surface area (Å²) in [5.41, 5.74) is 2.53. The van der Waals surface area contributed by atoms with Crippen LogP contribution in [0.4, 0.5) is 0 Å². The maximum absolute atomic E-state index is 5.76. The van der Waals surface area contributed by atoms with Crippen LogP contribution in [0.1, 0.15) is 25.0 Å². The summed E-state index contributed by atoms with van der Waals surface area (Å²) < 4.78 is 5.76. The van der Waals surface area contributed by atoms with Crippen LogP contribution >= 0.6 is 0 Å². The van der Waals surface area contributed by atoms with E-state index in [1.807, 2.05) is 18.2 Å². The third-order valence-electron chi connectivity index (χ3n) is 2.88. The molecule has 0 spiro atoms. The second-order valence-electron chi connectivity index (χ2n) is 4.91. The Balaban J connectivity index is 2.06. The Morgan fingerprint density at radius 2 is 2.05 bits per heavy atom. The molecule has 3 nitrogen and oxygen atoms in total. The second kappa shape index (κ2) is 6.34. The lowest BCUT2D eigenvalue weighted by Crippen LogP contribution is -2.22. The Bertz CT molecular complexity index is 524. The van der Waals surface area contributed by atoms with Gasteiger partial charge in [0.25, 0.3) is 0 Å². The molecule has 0 bridgehead atoms. The summed E-state index contributed by atoms with van der Waals surface area (Å²) in [6.45, 7) is 7.29. The van der Waals surface area contributed by atoms with E-state index >= 15 is 0 Å². The van der Waals surface area contributed by atoms with Crippen LogP contribution in [-0.4, -0.2) is 11.0 Å². The van der Waals surface area contributed by atoms with Gasteiger partial charge in [-0.2, -0.15) is 0 Å². The van der Waals surface area contributed by atoms with Crippen molar-refractivity contribution in [2.75, 3.05) is 0 Å². The molecule has 100 valence electrons. The standard InChI is InChI=1S/C16H20N2O/c1-12(2)18-10-14-6-7-15(9-13(14)3)19-16-5-4-8-17-11-16/h4-9,11-12,18H,10H2,1-3H3. The highest BCUT2D eigenvalue weighted by atomic mass is 16.5. The number of ether oxygens (including phenoxy) is 1. The number of benzene rings is 1. The average molecular weight is 256 g/mol. The van der Waals surface area contributed by atoms with Crippen LogP contribution in [0, 0.1) is 6.92 Å². The fourth-order valence-electron chi connectivity index (χ4n) is 1.79. The van der Waals surface area contributed by atoms with Crippen LogP contribution in [0.3, 0.4) is 0 Å². The molecule has 1 N–H and O–H groups in total. The molecule has 0 radical (unpaired) electrons. The highest BCUT2D eigenvalue weighted by Crippen LogP contribution is 2.23. The number of nitrogens with zero attached hydrogens (tertiary/aromatic N) is 1. The van der Waals surface area contributed by atoms with Crippen molar-refractivity contribution in [2.45, 2.75) is 33.4 Å². The number of pyridine rings is 1. The van der Waals surface area contributed by atoms with E-state index in [4.69, 9.17) is 4.74 Å². The third kappa shape index (κ3) is 4.07. The van der Waals surface area contributed by atoms with Gasteiger partial charge in [0.1, 0.15) is 11.5 Å². The van der Waals surface area contributed by atoms with Gasteiger partial charge in [0.05, 0.1) is 6.20 Å². The molecule has 0 atom stereocenters. The molecule has 0 aliphatic rings. The van der Waals surface area contributed by atoms with Gasteiger partial charge in [-0.25, -0.2) is 0 Å². The van der Waals surface area contributed by atoms with Crippen LogP contribution in [0.5, 0.6) is 11.5 Å². The van der Waals surface area contributed by atoms with Gasteiger partial charge < -0.3 is 10.1 Å². The molecule has 1 aromatic heterocycles. The number of nitrogens with one attached hydrogen (secondary N) is 1. The molecule has 19 heavy (non-hydrogen) atoms. The van der Waals surface area contributed by atoms with Crippen LogP contribution < -0.4 is 10.1 Å². The quantitative estimate of drug-likeness (QED) is 0.886. The van der Waals surface area contributed by atoms with E-state index in [1.54, 1.807) is 12.4 Å². The van der Waals surface area contributed by atoms with E-state index in [-0.39, 0.29) is 0 Å². The summed E-state index contributed by atoms with van der Waals surface area (Å²) in [4.78, 5) is 4.03. The largest absolute Gasteiger partial charge is 0.456 e. The maximum Gasteiger partial charge on any atom is 0.145 e. The van der Waals surface area contributed by atoms with Gasteiger partial charge in [0.15, 0.2) is 0 Å². The van der Waals surface area contributed by atoms with Gasteiger partial charge in [0, 0.05) is 18.8 Å². The second-order valence-corrected chi connectivity index (χ2v) is 4.91. The van der Waals surface area contributed by atoms with Crippen LogP contribution in [0.2, 0.25) is 0 Å². The minimum absolute atomic E-state index is 0.491. The molecule has 0 saturated carbocycles. The Labute approximate surface area is 114 Å². The molecule has 3 heteroatoms. The summed E-state index contributed by atoms with van der Waals surface area (Å²) in [6.07, 6.45) is 3.45. The summed E-state index contributed by atoms with van der Waals surface area (Å²) >= 11 is 0. The number of hydrogen-bond donors (Lipinski definition) is 1. The number of rotatable bonds is 5. The fraction of sp³-hybridized carbons (Fsp3) is 0.312. The number of aromatic nitrogens is 1. The highest BCUT2D eigenvalue weighted by molar-refractivity contribution is 5.37. The first-order chi connectivity index (χ1) is 9.15. The summed E-state index contributed by atoms with van der Waals surface area (Å²) in [5, 5.41) is 3.42. The Morgan fingerprint density at radius 3 is 2.68 bits per heavy atom. The zero-order chi connectivity index (χ0) is 13.7. The molecular formula is C16H20N2O. The van der Waals surface area contributed by atoms with Crippen molar-refractivity contribution >= 4 is 0 Å². The Hall–Kier alpha value is -1.87. The molecule has 0 aliphatic carbocycles. The molecule has 1 aromatic carbocycles. The number of hydrogen-bond acceptors (Lipinski definition) is 3. The van der Waals surface area contributed by atoms with Gasteiger partial charge >= 0.3 is 0 Å². The van der Waals surface area contributed by atoms with Crippen molar-refractivity contribution in [1.82, 2.24) is 10.3 Å². The Kier molecular flexibility index (Phi) is 4.53. The van der Waals surface area contributed by atoms with Gasteiger partial charge in [-0.15, -0.1) is 0 Å². The first-order valence-corrected chi connectivity index (χ1v) is 6.56. The smallest absolute Gasteiger partial charge is 0.145 e. The van der Waals surface area contributed by atoms with Crippen molar-refractivity contribution in [2.24, 2.45) is 0 Å². The molecule has 2 rings (SSSR count). The molecule has 0 aliphatic heterocycles. The molecule has 0 saturated heterocycles. The van der Waals surface area contributed by atoms with Gasteiger partial charge in [-0.3, -0.25) is 4.98 Å². The Morgan fingerprint density at radius 1 is 1.21 bits per heavy atom. The predicted octanol–water partition coefficient (Wildman–Crippen LogP) is 3.68. The lowest BCUT2D eigenvalue weighted by molar-refractivity contribution is 0.479. The van der Waals surface area contributed by atoms with Crippen molar-refractivity contribution in [3.63, 3.8) is 0 Å². The number of aryl methyl sites for hydroxylation is 1. The van der Waals surface area contributed by atoms with Gasteiger partial charge in [-0.05, 0) is 42.3 Å². The zero-order valence-electron chi connectivity index (χ0n) is 11.7. The van der Waals surface area contributed by atoms with E-state index in [9.17, 15) is 0 Å². The normalized spacial score (nSPS) is 10.7. The van der Waals surface area contributed by atoms with E-state index < -0.39 is 0 Å². The first-order valence-electron chi connectivity index (χ1n) is 6.56. The highest BCUT2D eigenvalue weighted by Gasteiger charge is 2.03. The average Bonchev–Trinajstić information content (AvgIpc) is 2.39. The minimum atomic E-state index is 0.491. The minimum Gasteiger partial charge on any atom is -0.456 e. The van der Waals surface area contributed by atoms with Crippen LogP contribution in [-0.2, 0) is 6.54 Å². The van der Waals surface area contributed by atoms with E-state index in [1.165, 1.54) is 11.1 Å². The SMILES string of the molecule is Cc1cc(Oc2cccnc2)ccc1CNC(C)C.